The molecule has 0 saturated heterocycles. The Balaban J connectivity index is 1.03. The summed E-state index contributed by atoms with van der Waals surface area (Å²) < 4.78 is 24.2. The van der Waals surface area contributed by atoms with Gasteiger partial charge in [0.2, 0.25) is 0 Å². The van der Waals surface area contributed by atoms with Crippen LogP contribution in [0, 0.1) is 11.8 Å². The molecule has 3 aromatic rings. The maximum Gasteiger partial charge on any atom is 0.408 e. The van der Waals surface area contributed by atoms with Gasteiger partial charge in [-0.15, -0.1) is 11.3 Å². The second-order valence-corrected chi connectivity index (χ2v) is 17.2. The Hall–Kier alpha value is -3.71. The number of nitrogens with one attached hydrogen (secondary N) is 3. The van der Waals surface area contributed by atoms with Crippen LogP contribution in [-0.2, 0) is 36.9 Å². The van der Waals surface area contributed by atoms with E-state index in [2.05, 4.69) is 54.2 Å². The Labute approximate surface area is 324 Å². The molecule has 1 heterocycles. The normalized spacial score (nSPS) is 19.0. The van der Waals surface area contributed by atoms with E-state index in [1.807, 2.05) is 45.0 Å². The number of carbonyl (C=O) groups is 3. The van der Waals surface area contributed by atoms with Gasteiger partial charge in [-0.1, -0.05) is 38.1 Å². The maximum atomic E-state index is 13.1. The van der Waals surface area contributed by atoms with Gasteiger partial charge in [0.25, 0.3) is 5.91 Å². The zero-order chi connectivity index (χ0) is 38.7. The SMILES string of the molecule is CC(C)COC(C)ONC(=O)c1cc2ccc(CNCc3ccc(OC4CCC(CC(NC(=O)OC(C)(C)C)C(=O)OC5CCCC5)CC4)cc3)cc2s1. The Morgan fingerprint density at radius 3 is 2.22 bits per heavy atom. The average Bonchev–Trinajstić information content (AvgIpc) is 3.80. The van der Waals surface area contributed by atoms with Crippen molar-refractivity contribution in [3.05, 3.63) is 64.5 Å². The standard InChI is InChI=1S/C42H59N3O8S/c1-27(2)26-49-28(3)53-45-39(46)38-23-32-16-11-31(22-37(32)54-38)25-43-24-30-14-19-35(20-15-30)50-34-17-12-29(13-18-34)21-36(44-41(48)52-42(4,5)6)40(47)51-33-9-7-8-10-33/h11,14-16,19-20,22-23,27-29,33-34,36,43H,7-10,12-13,17-18,21,24-26H2,1-6H3,(H,44,48)(H,45,46). The molecular weight excluding hydrogens is 707 g/mol. The van der Waals surface area contributed by atoms with Crippen LogP contribution >= 0.6 is 11.3 Å². The molecular formula is C42H59N3O8S. The Kier molecular flexibility index (Phi) is 15.2. The van der Waals surface area contributed by atoms with Crippen LogP contribution < -0.4 is 20.9 Å². The van der Waals surface area contributed by atoms with Gasteiger partial charge in [-0.3, -0.25) is 4.79 Å². The van der Waals surface area contributed by atoms with Gasteiger partial charge in [-0.25, -0.2) is 19.9 Å². The number of hydrogen-bond acceptors (Lipinski definition) is 10. The van der Waals surface area contributed by atoms with E-state index in [9.17, 15) is 14.4 Å². The quantitative estimate of drug-likeness (QED) is 0.0702. The average molecular weight is 766 g/mol. The van der Waals surface area contributed by atoms with Crippen LogP contribution in [0.2, 0.25) is 0 Å². The van der Waals surface area contributed by atoms with Crippen LogP contribution in [0.5, 0.6) is 5.75 Å². The van der Waals surface area contributed by atoms with E-state index in [0.717, 1.165) is 78.3 Å². The van der Waals surface area contributed by atoms with Crippen molar-refractivity contribution in [3.8, 4) is 5.75 Å². The van der Waals surface area contributed by atoms with Crippen LogP contribution in [0.25, 0.3) is 10.1 Å². The van der Waals surface area contributed by atoms with Crippen LogP contribution in [-0.4, -0.2) is 54.7 Å². The highest BCUT2D eigenvalue weighted by Gasteiger charge is 2.33. The van der Waals surface area contributed by atoms with Gasteiger partial charge < -0.3 is 29.6 Å². The van der Waals surface area contributed by atoms with Crippen molar-refractivity contribution >= 4 is 39.4 Å². The van der Waals surface area contributed by atoms with Gasteiger partial charge in [0.1, 0.15) is 23.5 Å². The fourth-order valence-electron chi connectivity index (χ4n) is 6.81. The summed E-state index contributed by atoms with van der Waals surface area (Å²) in [5.74, 6) is 0.863. The zero-order valence-electron chi connectivity index (χ0n) is 32.7. The van der Waals surface area contributed by atoms with Crippen molar-refractivity contribution in [1.82, 2.24) is 16.1 Å². The third kappa shape index (κ3) is 13.5. The predicted molar refractivity (Wildman–Crippen MR) is 210 cm³/mol. The molecule has 2 aliphatic rings. The van der Waals surface area contributed by atoms with E-state index in [1.165, 1.54) is 11.3 Å². The predicted octanol–water partition coefficient (Wildman–Crippen LogP) is 8.58. The molecule has 2 fully saturated rings. The van der Waals surface area contributed by atoms with Crippen LogP contribution in [0.4, 0.5) is 4.79 Å². The van der Waals surface area contributed by atoms with Crippen molar-refractivity contribution in [1.29, 1.82) is 0 Å². The lowest BCUT2D eigenvalue weighted by molar-refractivity contribution is -0.163. The van der Waals surface area contributed by atoms with E-state index in [1.54, 1.807) is 6.92 Å². The van der Waals surface area contributed by atoms with Crippen molar-refractivity contribution in [2.75, 3.05) is 6.61 Å². The fraction of sp³-hybridized carbons (Fsp3) is 0.595. The van der Waals surface area contributed by atoms with Crippen molar-refractivity contribution in [2.45, 2.75) is 143 Å². The number of hydroxylamine groups is 1. The third-order valence-corrected chi connectivity index (χ3v) is 10.7. The molecule has 2 unspecified atom stereocenters. The molecule has 2 aliphatic carbocycles. The topological polar surface area (TPSA) is 133 Å². The van der Waals surface area contributed by atoms with Crippen molar-refractivity contribution < 1.29 is 38.2 Å². The number of thiophene rings is 1. The molecule has 2 saturated carbocycles. The van der Waals surface area contributed by atoms with E-state index in [0.29, 0.717) is 36.9 Å². The van der Waals surface area contributed by atoms with Gasteiger partial charge in [0, 0.05) is 17.8 Å². The largest absolute Gasteiger partial charge is 0.490 e. The first kappa shape index (κ1) is 41.5. The molecule has 2 aromatic carbocycles. The number of ether oxygens (including phenoxy) is 4. The molecule has 3 N–H and O–H groups in total. The zero-order valence-corrected chi connectivity index (χ0v) is 33.6. The highest BCUT2D eigenvalue weighted by molar-refractivity contribution is 7.20. The number of fused-ring (bicyclic) bond motifs is 1. The summed E-state index contributed by atoms with van der Waals surface area (Å²) in [7, 11) is 0. The minimum Gasteiger partial charge on any atom is -0.490 e. The van der Waals surface area contributed by atoms with Crippen LogP contribution in [0.3, 0.4) is 0 Å². The highest BCUT2D eigenvalue weighted by atomic mass is 32.1. The minimum atomic E-state index is -0.724. The monoisotopic (exact) mass is 765 g/mol. The van der Waals surface area contributed by atoms with E-state index >= 15 is 0 Å². The first-order chi connectivity index (χ1) is 25.8. The molecule has 12 heteroatoms. The minimum absolute atomic E-state index is 0.0596. The van der Waals surface area contributed by atoms with Gasteiger partial charge in [0.15, 0.2) is 6.29 Å². The lowest BCUT2D eigenvalue weighted by atomic mass is 9.83. The lowest BCUT2D eigenvalue weighted by Crippen LogP contribution is -2.46. The summed E-state index contributed by atoms with van der Waals surface area (Å²) in [5.41, 5.74) is 4.14. The molecule has 1 aromatic heterocycles. The van der Waals surface area contributed by atoms with E-state index in [4.69, 9.17) is 23.8 Å². The van der Waals surface area contributed by atoms with Gasteiger partial charge in [0.05, 0.1) is 17.6 Å². The number of carbonyl (C=O) groups excluding carboxylic acids is 3. The maximum absolute atomic E-state index is 13.1. The summed E-state index contributed by atoms with van der Waals surface area (Å²) >= 11 is 1.43. The van der Waals surface area contributed by atoms with E-state index in [-0.39, 0.29) is 30.0 Å². The number of benzene rings is 2. The second kappa shape index (κ2) is 19.7. The molecule has 11 nitrogen and oxygen atoms in total. The number of hydrogen-bond donors (Lipinski definition) is 3. The summed E-state index contributed by atoms with van der Waals surface area (Å²) in [5, 5.41) is 7.34. The molecule has 0 bridgehead atoms. The Morgan fingerprint density at radius 1 is 0.852 bits per heavy atom. The lowest BCUT2D eigenvalue weighted by Gasteiger charge is -2.31. The number of amides is 2. The third-order valence-electron chi connectivity index (χ3n) is 9.60. The first-order valence-electron chi connectivity index (χ1n) is 19.6. The molecule has 54 heavy (non-hydrogen) atoms. The Bertz CT molecular complexity index is 1660. The summed E-state index contributed by atoms with van der Waals surface area (Å²) in [6.07, 6.45) is 6.93. The number of rotatable bonds is 17. The highest BCUT2D eigenvalue weighted by Crippen LogP contribution is 2.32. The Morgan fingerprint density at radius 2 is 1.54 bits per heavy atom. The van der Waals surface area contributed by atoms with Crippen molar-refractivity contribution in [3.63, 3.8) is 0 Å². The molecule has 0 radical (unpaired) electrons. The van der Waals surface area contributed by atoms with Gasteiger partial charge in [-0.2, -0.15) is 0 Å². The molecule has 296 valence electrons. The number of esters is 1. The smallest absolute Gasteiger partial charge is 0.408 e. The number of alkyl carbamates (subject to hydrolysis) is 1. The second-order valence-electron chi connectivity index (χ2n) is 16.1. The molecule has 2 amide bonds. The van der Waals surface area contributed by atoms with Crippen LogP contribution in [0.1, 0.15) is 120 Å². The molecule has 2 atom stereocenters. The van der Waals surface area contributed by atoms with Crippen LogP contribution in [0.15, 0.2) is 48.5 Å². The fourth-order valence-corrected chi connectivity index (χ4v) is 7.82. The summed E-state index contributed by atoms with van der Waals surface area (Å²) in [4.78, 5) is 44.3. The first-order valence-corrected chi connectivity index (χ1v) is 20.4. The van der Waals surface area contributed by atoms with Gasteiger partial charge in [-0.05, 0) is 138 Å². The summed E-state index contributed by atoms with van der Waals surface area (Å²) in [6, 6.07) is 15.6. The summed E-state index contributed by atoms with van der Waals surface area (Å²) in [6.45, 7) is 13.3. The van der Waals surface area contributed by atoms with Crippen molar-refractivity contribution in [2.24, 2.45) is 11.8 Å². The molecule has 0 spiro atoms. The van der Waals surface area contributed by atoms with Gasteiger partial charge >= 0.3 is 12.1 Å². The molecule has 0 aliphatic heterocycles. The molecule has 5 rings (SSSR count). The van der Waals surface area contributed by atoms with E-state index < -0.39 is 24.0 Å².